The van der Waals surface area contributed by atoms with Crippen LogP contribution in [0.15, 0.2) is 49.0 Å². The highest BCUT2D eigenvalue weighted by atomic mass is 15.1. The van der Waals surface area contributed by atoms with Crippen molar-refractivity contribution in [3.8, 4) is 0 Å². The highest BCUT2D eigenvalue weighted by molar-refractivity contribution is 5.22. The lowest BCUT2D eigenvalue weighted by atomic mass is 10.3. The largest absolute Gasteiger partial charge is 0.375 e. The van der Waals surface area contributed by atoms with Crippen LogP contribution in [-0.4, -0.2) is 7.05 Å². The summed E-state index contributed by atoms with van der Waals surface area (Å²) < 4.78 is 0. The molecule has 0 radical (unpaired) electrons. The van der Waals surface area contributed by atoms with Crippen LogP contribution in [0.5, 0.6) is 0 Å². The molecule has 0 aromatic carbocycles. The summed E-state index contributed by atoms with van der Waals surface area (Å²) in [5.41, 5.74) is 1.03. The van der Waals surface area contributed by atoms with Gasteiger partial charge in [0.05, 0.1) is 5.82 Å². The highest BCUT2D eigenvalue weighted by Gasteiger charge is 1.90. The minimum atomic E-state index is 0.786. The maximum atomic E-state index is 3.78. The van der Waals surface area contributed by atoms with E-state index in [9.17, 15) is 0 Å². The normalized spacial score (nSPS) is 11.4. The topological polar surface area (TPSA) is 24.1 Å². The average molecular weight is 178 g/mol. The molecule has 0 aromatic heterocycles. The fourth-order valence-electron chi connectivity index (χ4n) is 0.789. The van der Waals surface area contributed by atoms with Crippen molar-refractivity contribution in [3.63, 3.8) is 0 Å². The Hall–Kier alpha value is -1.44. The van der Waals surface area contributed by atoms with Crippen LogP contribution in [0.3, 0.4) is 0 Å². The molecule has 0 unspecified atom stereocenters. The van der Waals surface area contributed by atoms with Crippen LogP contribution < -0.4 is 10.6 Å². The second-order valence-electron chi connectivity index (χ2n) is 2.52. The van der Waals surface area contributed by atoms with Gasteiger partial charge >= 0.3 is 0 Å². The minimum absolute atomic E-state index is 0.786. The molecule has 0 saturated heterocycles. The molecule has 0 atom stereocenters. The van der Waals surface area contributed by atoms with Gasteiger partial charge in [-0.05, 0) is 12.5 Å². The first kappa shape index (κ1) is 11.6. The molecule has 0 amide bonds. The fraction of sp³-hybridized carbons (Fsp3) is 0.273. The van der Waals surface area contributed by atoms with Gasteiger partial charge in [0.25, 0.3) is 0 Å². The molecule has 0 heterocycles. The maximum absolute atomic E-state index is 3.78. The molecule has 0 rings (SSSR count). The third kappa shape index (κ3) is 5.79. The minimum Gasteiger partial charge on any atom is -0.375 e. The number of hydrogen-bond donors (Lipinski definition) is 2. The lowest BCUT2D eigenvalue weighted by molar-refractivity contribution is 0.849. The van der Waals surface area contributed by atoms with E-state index < -0.39 is 0 Å². The van der Waals surface area contributed by atoms with Crippen molar-refractivity contribution in [3.05, 3.63) is 49.0 Å². The van der Waals surface area contributed by atoms with E-state index in [1.807, 2.05) is 19.2 Å². The first-order valence-electron chi connectivity index (χ1n) is 4.37. The lowest BCUT2D eigenvalue weighted by Crippen LogP contribution is -2.20. The van der Waals surface area contributed by atoms with E-state index in [1.165, 1.54) is 0 Å². The lowest BCUT2D eigenvalue weighted by Gasteiger charge is -2.08. The Labute approximate surface area is 80.7 Å². The van der Waals surface area contributed by atoms with Crippen LogP contribution in [0.25, 0.3) is 0 Å². The first-order chi connectivity index (χ1) is 6.24. The van der Waals surface area contributed by atoms with Crippen molar-refractivity contribution in [2.75, 3.05) is 7.05 Å². The van der Waals surface area contributed by atoms with Gasteiger partial charge in [0.15, 0.2) is 0 Å². The summed E-state index contributed by atoms with van der Waals surface area (Å²) in [5.74, 6) is 0.786. The van der Waals surface area contributed by atoms with E-state index in [0.29, 0.717) is 0 Å². The third-order valence-electron chi connectivity index (χ3n) is 1.43. The molecular weight excluding hydrogens is 160 g/mol. The van der Waals surface area contributed by atoms with Gasteiger partial charge < -0.3 is 10.6 Å². The first-order valence-corrected chi connectivity index (χ1v) is 4.37. The molecule has 0 spiro atoms. The van der Waals surface area contributed by atoms with E-state index in [-0.39, 0.29) is 0 Å². The second-order valence-corrected chi connectivity index (χ2v) is 2.52. The second kappa shape index (κ2) is 7.22. The summed E-state index contributed by atoms with van der Waals surface area (Å²) in [6.45, 7) is 9.48. The highest BCUT2D eigenvalue weighted by Crippen LogP contribution is 1.96. The molecule has 13 heavy (non-hydrogen) atoms. The average Bonchev–Trinajstić information content (AvgIpc) is 2.14. The van der Waals surface area contributed by atoms with Gasteiger partial charge in [0, 0.05) is 12.7 Å². The Kier molecular flexibility index (Phi) is 6.42. The number of nitrogens with one attached hydrogen (secondary N) is 2. The van der Waals surface area contributed by atoms with E-state index in [2.05, 4.69) is 36.8 Å². The van der Waals surface area contributed by atoms with Crippen LogP contribution >= 0.6 is 0 Å². The number of hydrogen-bond acceptors (Lipinski definition) is 2. The van der Waals surface area contributed by atoms with Gasteiger partial charge in [-0.3, -0.25) is 0 Å². The molecule has 0 aliphatic rings. The number of rotatable bonds is 6. The Balaban J connectivity index is 4.26. The zero-order chi connectivity index (χ0) is 10.1. The molecule has 0 bridgehead atoms. The quantitative estimate of drug-likeness (QED) is 0.610. The standard InChI is InChI=1S/C11H18N2/c1-5-7-9-11(8-6-2)13-10(3)12-4/h5,7-9,12-13H,1,3,6H2,2,4H3/b9-7-,11-8+. The van der Waals surface area contributed by atoms with E-state index in [0.717, 1.165) is 17.9 Å². The zero-order valence-electron chi connectivity index (χ0n) is 8.43. The molecular formula is C11H18N2. The van der Waals surface area contributed by atoms with Crippen LogP contribution in [0.4, 0.5) is 0 Å². The van der Waals surface area contributed by atoms with Gasteiger partial charge in [0.1, 0.15) is 0 Å². The predicted octanol–water partition coefficient (Wildman–Crippen LogP) is 2.30. The summed E-state index contributed by atoms with van der Waals surface area (Å²) >= 11 is 0. The van der Waals surface area contributed by atoms with Crippen LogP contribution in [0, 0.1) is 0 Å². The Morgan fingerprint density at radius 3 is 2.62 bits per heavy atom. The predicted molar refractivity (Wildman–Crippen MR) is 59.0 cm³/mol. The molecule has 2 N–H and O–H groups in total. The van der Waals surface area contributed by atoms with E-state index in [4.69, 9.17) is 0 Å². The van der Waals surface area contributed by atoms with Crippen LogP contribution in [0.2, 0.25) is 0 Å². The van der Waals surface area contributed by atoms with Crippen molar-refractivity contribution in [2.45, 2.75) is 13.3 Å². The Morgan fingerprint density at radius 1 is 1.46 bits per heavy atom. The molecule has 72 valence electrons. The van der Waals surface area contributed by atoms with Crippen LogP contribution in [0.1, 0.15) is 13.3 Å². The van der Waals surface area contributed by atoms with Gasteiger partial charge in [-0.1, -0.05) is 38.3 Å². The van der Waals surface area contributed by atoms with Crippen molar-refractivity contribution >= 4 is 0 Å². The van der Waals surface area contributed by atoms with Crippen LogP contribution in [-0.2, 0) is 0 Å². The third-order valence-corrected chi connectivity index (χ3v) is 1.43. The molecule has 2 heteroatoms. The molecule has 0 fully saturated rings. The SMILES string of the molecule is C=C/C=C\C(=C/CC)NC(=C)NC. The van der Waals surface area contributed by atoms with Crippen molar-refractivity contribution in [2.24, 2.45) is 0 Å². The van der Waals surface area contributed by atoms with Crippen molar-refractivity contribution in [1.82, 2.24) is 10.6 Å². The van der Waals surface area contributed by atoms with E-state index >= 15 is 0 Å². The molecule has 0 aliphatic carbocycles. The van der Waals surface area contributed by atoms with Gasteiger partial charge in [0.2, 0.25) is 0 Å². The van der Waals surface area contributed by atoms with Crippen molar-refractivity contribution < 1.29 is 0 Å². The maximum Gasteiger partial charge on any atom is 0.0954 e. The monoisotopic (exact) mass is 178 g/mol. The summed E-state index contributed by atoms with van der Waals surface area (Å²) in [7, 11) is 1.83. The summed E-state index contributed by atoms with van der Waals surface area (Å²) in [4.78, 5) is 0. The van der Waals surface area contributed by atoms with Crippen molar-refractivity contribution in [1.29, 1.82) is 0 Å². The smallest absolute Gasteiger partial charge is 0.0954 e. The summed E-state index contributed by atoms with van der Waals surface area (Å²) in [6, 6.07) is 0. The Bertz CT molecular complexity index is 224. The van der Waals surface area contributed by atoms with Gasteiger partial charge in [-0.2, -0.15) is 0 Å². The Morgan fingerprint density at radius 2 is 2.15 bits per heavy atom. The fourth-order valence-corrected chi connectivity index (χ4v) is 0.789. The molecule has 0 aromatic rings. The molecule has 0 aliphatic heterocycles. The van der Waals surface area contributed by atoms with E-state index in [1.54, 1.807) is 6.08 Å². The molecule has 0 saturated carbocycles. The zero-order valence-corrected chi connectivity index (χ0v) is 8.43. The number of allylic oxidation sites excluding steroid dienone is 4. The van der Waals surface area contributed by atoms with Gasteiger partial charge in [-0.25, -0.2) is 0 Å². The van der Waals surface area contributed by atoms with Gasteiger partial charge in [-0.15, -0.1) is 0 Å². The summed E-state index contributed by atoms with van der Waals surface area (Å²) in [5, 5.41) is 6.05. The summed E-state index contributed by atoms with van der Waals surface area (Å²) in [6.07, 6.45) is 8.66. The molecule has 2 nitrogen and oxygen atoms in total.